The molecule has 0 saturated heterocycles. The molecule has 0 spiro atoms. The van der Waals surface area contributed by atoms with E-state index in [1.807, 2.05) is 22.7 Å². The minimum absolute atomic E-state index is 0.0132. The van der Waals surface area contributed by atoms with Crippen molar-refractivity contribution in [1.29, 1.82) is 0 Å². The second-order valence-electron chi connectivity index (χ2n) is 26.0. The molecular formula is C67H61BN2S2. The zero-order chi connectivity index (χ0) is 49.5. The van der Waals surface area contributed by atoms with Gasteiger partial charge in [-0.1, -0.05) is 150 Å². The molecule has 2 aliphatic heterocycles. The van der Waals surface area contributed by atoms with Gasteiger partial charge in [-0.25, -0.2) is 0 Å². The van der Waals surface area contributed by atoms with Crippen LogP contribution in [0.25, 0.3) is 90.1 Å². The monoisotopic (exact) mass is 968 g/mol. The first-order chi connectivity index (χ1) is 34.2. The van der Waals surface area contributed by atoms with Crippen LogP contribution >= 0.6 is 22.7 Å². The van der Waals surface area contributed by atoms with Crippen molar-refractivity contribution in [2.45, 2.75) is 123 Å². The van der Waals surface area contributed by atoms with Crippen LogP contribution in [0.5, 0.6) is 0 Å². The minimum Gasteiger partial charge on any atom is -0.376 e. The fourth-order valence-corrected chi connectivity index (χ4v) is 16.6. The number of thiophene rings is 2. The Labute approximate surface area is 432 Å². The number of hydrogen-bond donors (Lipinski definition) is 0. The van der Waals surface area contributed by atoms with E-state index < -0.39 is 0 Å². The molecule has 0 N–H and O–H groups in total. The standard InChI is InChI=1S/C67H61BN2S2/c1-63(2,3)36-21-24-38(25-22-36)70-52-35-56-42(43-31-48-49(34-55(43)71-56)66(9,10)28-27-65(48,7)8)30-45(52)57-58-40-18-14-16-20-54(40)72-62(58)59-44-29-37(64(4,5)6)23-26-51(44)69-53-32-41-39-17-13-15-19-46(39)67(11,12)47(41)33-50(53)68(70)60(57)61(59)69/h13-26,29-35H,27-28H2,1-12H3. The highest BCUT2D eigenvalue weighted by Crippen LogP contribution is 2.57. The van der Waals surface area contributed by atoms with Crippen molar-refractivity contribution in [3.63, 3.8) is 0 Å². The Morgan fingerprint density at radius 1 is 0.500 bits per heavy atom. The summed E-state index contributed by atoms with van der Waals surface area (Å²) in [5.74, 6) is 0. The van der Waals surface area contributed by atoms with Gasteiger partial charge in [0.05, 0.1) is 11.0 Å². The third kappa shape index (κ3) is 5.52. The van der Waals surface area contributed by atoms with Gasteiger partial charge in [-0.05, 0) is 156 Å². The van der Waals surface area contributed by atoms with Crippen molar-refractivity contribution < 1.29 is 0 Å². The highest BCUT2D eigenvalue weighted by atomic mass is 32.1. The highest BCUT2D eigenvalue weighted by molar-refractivity contribution is 7.27. The molecule has 0 radical (unpaired) electrons. The van der Waals surface area contributed by atoms with Crippen LogP contribution in [0.2, 0.25) is 0 Å². The minimum atomic E-state index is -0.162. The molecule has 354 valence electrons. The van der Waals surface area contributed by atoms with Gasteiger partial charge >= 0.3 is 6.85 Å². The highest BCUT2D eigenvalue weighted by Gasteiger charge is 2.48. The van der Waals surface area contributed by atoms with E-state index in [2.05, 4.69) is 220 Å². The second kappa shape index (κ2) is 13.7. The molecule has 0 saturated carbocycles. The topological polar surface area (TPSA) is 8.17 Å². The maximum Gasteiger partial charge on any atom is 0.333 e. The summed E-state index contributed by atoms with van der Waals surface area (Å²) in [6.45, 7) is 28.8. The Balaban J connectivity index is 1.16. The SMILES string of the molecule is CC(C)(C)c1ccc(N2B3c4cc5c(cc4-n4c6ccc(C(C)(C)C)cc6c6c7sc8ccccc8c7c(c3c64)-c3cc4c(cc32)sc2cc3c(cc24)C(C)(C)CCC3(C)C)-c2ccccc2C5(C)C)cc1. The van der Waals surface area contributed by atoms with Crippen molar-refractivity contribution in [3.05, 3.63) is 161 Å². The van der Waals surface area contributed by atoms with Gasteiger partial charge in [-0.2, -0.15) is 0 Å². The van der Waals surface area contributed by atoms with Crippen LogP contribution in [0.1, 0.15) is 129 Å². The lowest BCUT2D eigenvalue weighted by Crippen LogP contribution is -2.60. The maximum atomic E-state index is 2.78. The average Bonchev–Trinajstić information content (AvgIpc) is 4.07. The van der Waals surface area contributed by atoms with Crippen LogP contribution in [-0.2, 0) is 27.1 Å². The third-order valence-electron chi connectivity index (χ3n) is 18.3. The van der Waals surface area contributed by atoms with E-state index >= 15 is 0 Å². The molecule has 0 unspecified atom stereocenters. The molecule has 5 heteroatoms. The van der Waals surface area contributed by atoms with E-state index in [1.165, 1.54) is 159 Å². The molecule has 0 amide bonds. The van der Waals surface area contributed by atoms with E-state index in [0.29, 0.717) is 0 Å². The van der Waals surface area contributed by atoms with E-state index in [-0.39, 0.29) is 33.9 Å². The van der Waals surface area contributed by atoms with E-state index in [1.54, 1.807) is 0 Å². The third-order valence-corrected chi connectivity index (χ3v) is 20.6. The average molecular weight is 969 g/mol. The van der Waals surface area contributed by atoms with E-state index in [4.69, 9.17) is 0 Å². The summed E-state index contributed by atoms with van der Waals surface area (Å²) >= 11 is 3.99. The number of aromatic nitrogens is 1. The van der Waals surface area contributed by atoms with Crippen LogP contribution in [0.3, 0.4) is 0 Å². The summed E-state index contributed by atoms with van der Waals surface area (Å²) in [4.78, 5) is 2.78. The number of fused-ring (bicyclic) bond motifs is 20. The molecule has 5 heterocycles. The Kier molecular flexibility index (Phi) is 8.28. The molecule has 0 bridgehead atoms. The molecule has 0 atom stereocenters. The molecule has 11 aromatic rings. The lowest BCUT2D eigenvalue weighted by Gasteiger charge is -2.43. The lowest BCUT2D eigenvalue weighted by molar-refractivity contribution is 0.332. The summed E-state index contributed by atoms with van der Waals surface area (Å²) in [6, 6.07) is 51.3. The first kappa shape index (κ1) is 43.4. The Bertz CT molecular complexity index is 4270. The van der Waals surface area contributed by atoms with Gasteiger partial charge in [0.2, 0.25) is 0 Å². The number of anilines is 2. The van der Waals surface area contributed by atoms with Crippen LogP contribution in [0.15, 0.2) is 127 Å². The molecule has 4 aliphatic rings. The smallest absolute Gasteiger partial charge is 0.333 e. The van der Waals surface area contributed by atoms with Crippen LogP contribution in [-0.4, -0.2) is 11.4 Å². The first-order valence-electron chi connectivity index (χ1n) is 26.4. The Morgan fingerprint density at radius 3 is 1.92 bits per heavy atom. The summed E-state index contributed by atoms with van der Waals surface area (Å²) in [6.07, 6.45) is 2.41. The van der Waals surface area contributed by atoms with Gasteiger partial charge < -0.3 is 9.38 Å². The van der Waals surface area contributed by atoms with E-state index in [0.717, 1.165) is 0 Å². The molecule has 2 nitrogen and oxygen atoms in total. The fraction of sp³-hybridized carbons (Fsp3) is 0.284. The number of rotatable bonds is 1. The Hall–Kier alpha value is -6.14. The summed E-state index contributed by atoms with van der Waals surface area (Å²) in [5, 5.41) is 8.29. The van der Waals surface area contributed by atoms with Crippen molar-refractivity contribution in [2.24, 2.45) is 0 Å². The molecule has 72 heavy (non-hydrogen) atoms. The van der Waals surface area contributed by atoms with Gasteiger partial charge in [0.25, 0.3) is 0 Å². The fourth-order valence-electron chi connectivity index (χ4n) is 14.2. The zero-order valence-electron chi connectivity index (χ0n) is 43.8. The molecular weight excluding hydrogens is 908 g/mol. The van der Waals surface area contributed by atoms with Gasteiger partial charge in [-0.15, -0.1) is 22.7 Å². The normalized spacial score (nSPS) is 17.1. The molecule has 0 fully saturated rings. The van der Waals surface area contributed by atoms with E-state index in [9.17, 15) is 0 Å². The quantitative estimate of drug-likeness (QED) is 0.149. The number of benzene rings is 8. The number of nitrogens with zero attached hydrogens (tertiary/aromatic N) is 2. The van der Waals surface area contributed by atoms with Gasteiger partial charge in [0.1, 0.15) is 0 Å². The van der Waals surface area contributed by atoms with Gasteiger partial charge in [0.15, 0.2) is 0 Å². The van der Waals surface area contributed by atoms with Crippen molar-refractivity contribution in [1.82, 2.24) is 4.57 Å². The van der Waals surface area contributed by atoms with Crippen molar-refractivity contribution >= 4 is 114 Å². The maximum absolute atomic E-state index is 2.78. The predicted molar refractivity (Wildman–Crippen MR) is 316 cm³/mol. The second-order valence-corrected chi connectivity index (χ2v) is 28.1. The predicted octanol–water partition coefficient (Wildman–Crippen LogP) is 18.0. The molecule has 3 aromatic heterocycles. The lowest BCUT2D eigenvalue weighted by atomic mass is 9.43. The van der Waals surface area contributed by atoms with Gasteiger partial charge in [-0.3, -0.25) is 0 Å². The van der Waals surface area contributed by atoms with Crippen LogP contribution in [0.4, 0.5) is 11.4 Å². The summed E-state index contributed by atoms with van der Waals surface area (Å²) in [5.41, 5.74) is 23.5. The molecule has 2 aliphatic carbocycles. The van der Waals surface area contributed by atoms with Gasteiger partial charge in [0, 0.05) is 79.2 Å². The first-order valence-corrected chi connectivity index (χ1v) is 28.0. The summed E-state index contributed by atoms with van der Waals surface area (Å²) in [7, 11) is 0. The van der Waals surface area contributed by atoms with Crippen molar-refractivity contribution in [3.8, 4) is 27.9 Å². The Morgan fingerprint density at radius 2 is 1.17 bits per heavy atom. The van der Waals surface area contributed by atoms with Crippen LogP contribution < -0.4 is 15.7 Å². The molecule has 8 aromatic carbocycles. The zero-order valence-corrected chi connectivity index (χ0v) is 45.5. The summed E-state index contributed by atoms with van der Waals surface area (Å²) < 4.78 is 8.23. The number of hydrogen-bond acceptors (Lipinski definition) is 3. The molecule has 15 rings (SSSR count). The van der Waals surface area contributed by atoms with Crippen LogP contribution in [0, 0.1) is 0 Å². The van der Waals surface area contributed by atoms with Crippen molar-refractivity contribution in [2.75, 3.05) is 4.81 Å². The largest absolute Gasteiger partial charge is 0.376 e.